The van der Waals surface area contributed by atoms with E-state index in [-0.39, 0.29) is 0 Å². The number of benzene rings is 1. The maximum atomic E-state index is 10.6. The van der Waals surface area contributed by atoms with Gasteiger partial charge in [-0.25, -0.2) is 0 Å². The van der Waals surface area contributed by atoms with Gasteiger partial charge in [0.25, 0.3) is 0 Å². The molecule has 0 saturated heterocycles. The first kappa shape index (κ1) is 10.3. The van der Waals surface area contributed by atoms with Crippen molar-refractivity contribution in [1.82, 2.24) is 20.2 Å². The minimum absolute atomic E-state index is 0.397. The van der Waals surface area contributed by atoms with Gasteiger partial charge in [0, 0.05) is 5.56 Å². The van der Waals surface area contributed by atoms with Gasteiger partial charge in [0.1, 0.15) is 6.04 Å². The number of carboxylic acids is 1. The van der Waals surface area contributed by atoms with Gasteiger partial charge in [0.2, 0.25) is 5.82 Å². The highest BCUT2D eigenvalue weighted by Crippen LogP contribution is 2.12. The third-order valence-electron chi connectivity index (χ3n) is 2.15. The molecular formula is C10H9N4O2-. The molecule has 0 aliphatic heterocycles. The van der Waals surface area contributed by atoms with E-state index < -0.39 is 12.0 Å². The molecule has 0 saturated carbocycles. The van der Waals surface area contributed by atoms with Crippen LogP contribution in [0.15, 0.2) is 30.3 Å². The predicted molar refractivity (Wildman–Crippen MR) is 53.0 cm³/mol. The van der Waals surface area contributed by atoms with Crippen LogP contribution in [0, 0.1) is 0 Å². The number of hydrogen-bond acceptors (Lipinski definition) is 5. The molecule has 1 aromatic heterocycles. The Hall–Kier alpha value is -2.24. The molecule has 0 bridgehead atoms. The lowest BCUT2D eigenvalue weighted by atomic mass is 10.2. The van der Waals surface area contributed by atoms with Gasteiger partial charge in [-0.15, -0.1) is 10.2 Å². The van der Waals surface area contributed by atoms with Gasteiger partial charge in [-0.2, -0.15) is 4.80 Å². The molecule has 2 rings (SSSR count). The van der Waals surface area contributed by atoms with Crippen LogP contribution < -0.4 is 5.11 Å². The Morgan fingerprint density at radius 3 is 2.69 bits per heavy atom. The summed E-state index contributed by atoms with van der Waals surface area (Å²) < 4.78 is 0. The topological polar surface area (TPSA) is 83.7 Å². The zero-order chi connectivity index (χ0) is 11.5. The number of rotatable bonds is 3. The van der Waals surface area contributed by atoms with E-state index in [1.807, 2.05) is 30.3 Å². The lowest BCUT2D eigenvalue weighted by Crippen LogP contribution is -2.32. The third-order valence-corrected chi connectivity index (χ3v) is 2.15. The van der Waals surface area contributed by atoms with Crippen LogP contribution in [0.2, 0.25) is 0 Å². The monoisotopic (exact) mass is 217 g/mol. The summed E-state index contributed by atoms with van der Waals surface area (Å²) in [7, 11) is 0. The number of hydrogen-bond donors (Lipinski definition) is 0. The van der Waals surface area contributed by atoms with E-state index in [9.17, 15) is 9.90 Å². The van der Waals surface area contributed by atoms with Gasteiger partial charge >= 0.3 is 0 Å². The second-order valence-corrected chi connectivity index (χ2v) is 3.29. The molecule has 6 heteroatoms. The highest BCUT2D eigenvalue weighted by molar-refractivity contribution is 5.68. The maximum absolute atomic E-state index is 10.6. The number of tetrazole rings is 1. The van der Waals surface area contributed by atoms with Crippen LogP contribution in [0.1, 0.15) is 13.0 Å². The Labute approximate surface area is 91.5 Å². The molecule has 0 fully saturated rings. The molecule has 1 aromatic carbocycles. The molecule has 6 nitrogen and oxygen atoms in total. The van der Waals surface area contributed by atoms with Crippen molar-refractivity contribution >= 4 is 5.97 Å². The van der Waals surface area contributed by atoms with E-state index in [1.54, 1.807) is 0 Å². The summed E-state index contributed by atoms with van der Waals surface area (Å²) in [6.45, 7) is 1.44. The van der Waals surface area contributed by atoms with Crippen LogP contribution in [0.4, 0.5) is 0 Å². The summed E-state index contributed by atoms with van der Waals surface area (Å²) in [5.74, 6) is -0.842. The fourth-order valence-corrected chi connectivity index (χ4v) is 1.19. The lowest BCUT2D eigenvalue weighted by molar-refractivity contribution is -0.310. The zero-order valence-electron chi connectivity index (χ0n) is 8.57. The van der Waals surface area contributed by atoms with Crippen LogP contribution in [0.25, 0.3) is 11.4 Å². The Kier molecular flexibility index (Phi) is 2.63. The number of aromatic nitrogens is 4. The van der Waals surface area contributed by atoms with Crippen molar-refractivity contribution in [2.24, 2.45) is 0 Å². The predicted octanol–water partition coefficient (Wildman–Crippen LogP) is -0.349. The molecule has 0 unspecified atom stereocenters. The van der Waals surface area contributed by atoms with E-state index in [4.69, 9.17) is 0 Å². The molecule has 16 heavy (non-hydrogen) atoms. The first-order valence-electron chi connectivity index (χ1n) is 4.74. The smallest absolute Gasteiger partial charge is 0.204 e. The Morgan fingerprint density at radius 1 is 1.38 bits per heavy atom. The molecule has 2 aromatic rings. The van der Waals surface area contributed by atoms with Crippen LogP contribution in [0.3, 0.4) is 0 Å². The molecule has 0 spiro atoms. The second kappa shape index (κ2) is 4.09. The maximum Gasteiger partial charge on any atom is 0.204 e. The largest absolute Gasteiger partial charge is 0.548 e. The average Bonchev–Trinajstić information content (AvgIpc) is 2.78. The van der Waals surface area contributed by atoms with Crippen molar-refractivity contribution in [1.29, 1.82) is 0 Å². The molecule has 0 radical (unpaired) electrons. The van der Waals surface area contributed by atoms with Gasteiger partial charge in [0.15, 0.2) is 0 Å². The molecule has 0 aliphatic rings. The fraction of sp³-hybridized carbons (Fsp3) is 0.200. The molecule has 82 valence electrons. The number of carbonyl (C=O) groups is 1. The highest BCUT2D eigenvalue weighted by atomic mass is 16.4. The van der Waals surface area contributed by atoms with Crippen molar-refractivity contribution in [2.45, 2.75) is 13.0 Å². The van der Waals surface area contributed by atoms with Gasteiger partial charge < -0.3 is 9.90 Å². The Morgan fingerprint density at radius 2 is 2.06 bits per heavy atom. The van der Waals surface area contributed by atoms with Crippen molar-refractivity contribution in [3.05, 3.63) is 30.3 Å². The molecule has 1 heterocycles. The summed E-state index contributed by atoms with van der Waals surface area (Å²) >= 11 is 0. The molecule has 0 N–H and O–H groups in total. The average molecular weight is 217 g/mol. The number of carboxylic acid groups (broad SMARTS) is 1. The van der Waals surface area contributed by atoms with E-state index in [0.717, 1.165) is 10.4 Å². The van der Waals surface area contributed by atoms with Crippen molar-refractivity contribution in [2.75, 3.05) is 0 Å². The van der Waals surface area contributed by atoms with Crippen LogP contribution in [0.5, 0.6) is 0 Å². The van der Waals surface area contributed by atoms with Crippen molar-refractivity contribution < 1.29 is 9.90 Å². The van der Waals surface area contributed by atoms with E-state index in [2.05, 4.69) is 15.4 Å². The van der Waals surface area contributed by atoms with Crippen molar-refractivity contribution in [3.8, 4) is 11.4 Å². The highest BCUT2D eigenvalue weighted by Gasteiger charge is 2.11. The zero-order valence-corrected chi connectivity index (χ0v) is 8.57. The summed E-state index contributed by atoms with van der Waals surface area (Å²) in [6.07, 6.45) is 0. The minimum atomic E-state index is -1.24. The quantitative estimate of drug-likeness (QED) is 0.701. The lowest BCUT2D eigenvalue weighted by Gasteiger charge is -2.09. The first-order valence-corrected chi connectivity index (χ1v) is 4.74. The molecule has 0 aliphatic carbocycles. The van der Waals surface area contributed by atoms with Gasteiger partial charge in [-0.1, -0.05) is 30.3 Å². The SMILES string of the molecule is C[C@@H](C(=O)[O-])n1nnc(-c2ccccc2)n1. The number of aliphatic carboxylic acids is 1. The number of carbonyl (C=O) groups excluding carboxylic acids is 1. The second-order valence-electron chi connectivity index (χ2n) is 3.29. The van der Waals surface area contributed by atoms with Gasteiger partial charge in [-0.05, 0) is 12.1 Å². The molecule has 0 amide bonds. The standard InChI is InChI=1S/C10H10N4O2/c1-7(10(15)16)14-12-9(11-13-14)8-5-3-2-4-6-8/h2-7H,1H3,(H,15,16)/p-1/t7-/m0/s1. The fourth-order valence-electron chi connectivity index (χ4n) is 1.19. The third kappa shape index (κ3) is 1.90. The van der Waals surface area contributed by atoms with Crippen molar-refractivity contribution in [3.63, 3.8) is 0 Å². The first-order chi connectivity index (χ1) is 7.68. The minimum Gasteiger partial charge on any atom is -0.548 e. The Bertz CT molecular complexity index is 495. The van der Waals surface area contributed by atoms with Gasteiger partial charge in [-0.3, -0.25) is 0 Å². The normalized spacial score (nSPS) is 12.3. The van der Waals surface area contributed by atoms with E-state index in [0.29, 0.717) is 5.82 Å². The molecule has 1 atom stereocenters. The summed E-state index contributed by atoms with van der Waals surface area (Å²) in [5, 5.41) is 22.0. The van der Waals surface area contributed by atoms with E-state index >= 15 is 0 Å². The van der Waals surface area contributed by atoms with E-state index in [1.165, 1.54) is 6.92 Å². The summed E-state index contributed by atoms with van der Waals surface area (Å²) in [6, 6.07) is 8.29. The van der Waals surface area contributed by atoms with Gasteiger partial charge in [0.05, 0.1) is 5.97 Å². The van der Waals surface area contributed by atoms with Crippen LogP contribution in [-0.4, -0.2) is 26.2 Å². The Balaban J connectivity index is 2.30. The van der Waals surface area contributed by atoms with Crippen LogP contribution in [-0.2, 0) is 4.79 Å². The summed E-state index contributed by atoms with van der Waals surface area (Å²) in [5.41, 5.74) is 0.791. The summed E-state index contributed by atoms with van der Waals surface area (Å²) in [4.78, 5) is 11.6. The molecular weight excluding hydrogens is 208 g/mol. The van der Waals surface area contributed by atoms with Crippen LogP contribution >= 0.6 is 0 Å². The number of nitrogens with zero attached hydrogens (tertiary/aromatic N) is 4.